The molecule has 3 aromatic carbocycles. The molecule has 0 saturated heterocycles. The molecule has 1 atom stereocenters. The Morgan fingerprint density at radius 2 is 1.21 bits per heavy atom. The van der Waals surface area contributed by atoms with Gasteiger partial charge >= 0.3 is 0 Å². The molecular formula is C25H23IO2. The predicted octanol–water partition coefficient (Wildman–Crippen LogP) is 5.45. The summed E-state index contributed by atoms with van der Waals surface area (Å²) >= 11 is 2.31. The normalized spacial score (nSPS) is 12.3. The summed E-state index contributed by atoms with van der Waals surface area (Å²) in [5, 5.41) is 0. The van der Waals surface area contributed by atoms with Crippen molar-refractivity contribution < 1.29 is 9.47 Å². The lowest BCUT2D eigenvalue weighted by Crippen LogP contribution is -2.36. The van der Waals surface area contributed by atoms with Crippen LogP contribution in [0.4, 0.5) is 0 Å². The smallest absolute Gasteiger partial charge is 0.143 e. The summed E-state index contributed by atoms with van der Waals surface area (Å²) in [5.74, 6) is 2.54. The molecular weight excluding hydrogens is 459 g/mol. The molecule has 0 heterocycles. The van der Waals surface area contributed by atoms with Gasteiger partial charge in [0, 0.05) is 4.43 Å². The Morgan fingerprint density at radius 3 is 1.57 bits per heavy atom. The first-order valence-corrected chi connectivity index (χ1v) is 10.8. The van der Waals surface area contributed by atoms with Gasteiger partial charge in [-0.05, 0) is 16.7 Å². The Labute approximate surface area is 181 Å². The van der Waals surface area contributed by atoms with Crippen LogP contribution in [-0.4, -0.2) is 23.7 Å². The molecule has 0 bridgehead atoms. The fraction of sp³-hybridized carbons (Fsp3) is 0.200. The average Bonchev–Trinajstić information content (AvgIpc) is 2.78. The highest BCUT2D eigenvalue weighted by atomic mass is 127. The van der Waals surface area contributed by atoms with Crippen molar-refractivity contribution in [3.05, 3.63) is 108 Å². The number of halogens is 1. The zero-order valence-corrected chi connectivity index (χ0v) is 17.8. The molecule has 0 saturated carbocycles. The van der Waals surface area contributed by atoms with E-state index in [0.717, 1.165) is 21.1 Å². The van der Waals surface area contributed by atoms with Crippen molar-refractivity contribution in [2.45, 2.75) is 11.7 Å². The molecule has 0 aromatic heterocycles. The lowest BCUT2D eigenvalue weighted by atomic mass is 9.80. The molecule has 0 amide bonds. The van der Waals surface area contributed by atoms with E-state index in [-0.39, 0.29) is 12.7 Å². The lowest BCUT2D eigenvalue weighted by molar-refractivity contribution is -0.0490. The number of hydrogen-bond donors (Lipinski definition) is 0. The van der Waals surface area contributed by atoms with Gasteiger partial charge in [-0.15, -0.1) is 6.42 Å². The highest BCUT2D eigenvalue weighted by molar-refractivity contribution is 14.1. The van der Waals surface area contributed by atoms with E-state index in [4.69, 9.17) is 15.9 Å². The molecule has 0 aliphatic carbocycles. The number of rotatable bonds is 9. The molecule has 0 fully saturated rings. The second kappa shape index (κ2) is 10.4. The van der Waals surface area contributed by atoms with E-state index in [2.05, 4.69) is 64.9 Å². The van der Waals surface area contributed by atoms with Gasteiger partial charge in [0.1, 0.15) is 12.2 Å². The van der Waals surface area contributed by atoms with Crippen molar-refractivity contribution in [1.82, 2.24) is 0 Å². The van der Waals surface area contributed by atoms with Crippen molar-refractivity contribution >= 4 is 22.6 Å². The molecule has 0 spiro atoms. The summed E-state index contributed by atoms with van der Waals surface area (Å²) in [6.45, 7) is 0.718. The lowest BCUT2D eigenvalue weighted by Gasteiger charge is -2.37. The first kappa shape index (κ1) is 20.6. The topological polar surface area (TPSA) is 18.5 Å². The quantitative estimate of drug-likeness (QED) is 0.175. The van der Waals surface area contributed by atoms with Crippen LogP contribution in [0.2, 0.25) is 0 Å². The van der Waals surface area contributed by atoms with Gasteiger partial charge in [-0.2, -0.15) is 0 Å². The van der Waals surface area contributed by atoms with E-state index in [1.54, 1.807) is 0 Å². The van der Waals surface area contributed by atoms with Crippen LogP contribution in [0.5, 0.6) is 0 Å². The number of hydrogen-bond acceptors (Lipinski definition) is 2. The van der Waals surface area contributed by atoms with E-state index in [0.29, 0.717) is 6.61 Å². The third-order valence-electron chi connectivity index (χ3n) is 4.60. The maximum absolute atomic E-state index is 6.74. The molecule has 2 nitrogen and oxygen atoms in total. The molecule has 0 aliphatic rings. The van der Waals surface area contributed by atoms with Gasteiger partial charge in [-0.25, -0.2) is 0 Å². The molecule has 3 heteroatoms. The maximum atomic E-state index is 6.74. The van der Waals surface area contributed by atoms with Crippen molar-refractivity contribution in [3.8, 4) is 12.3 Å². The van der Waals surface area contributed by atoms with Crippen LogP contribution in [0.1, 0.15) is 16.7 Å². The van der Waals surface area contributed by atoms with Gasteiger partial charge in [-0.1, -0.05) is 120 Å². The first-order valence-electron chi connectivity index (χ1n) is 9.23. The van der Waals surface area contributed by atoms with E-state index in [9.17, 15) is 0 Å². The molecule has 3 aromatic rings. The Kier molecular flexibility index (Phi) is 7.67. The minimum atomic E-state index is -0.729. The molecule has 0 aliphatic heterocycles. The maximum Gasteiger partial charge on any atom is 0.143 e. The van der Waals surface area contributed by atoms with Crippen LogP contribution in [0.25, 0.3) is 0 Å². The summed E-state index contributed by atoms with van der Waals surface area (Å²) < 4.78 is 13.3. The highest BCUT2D eigenvalue weighted by Crippen LogP contribution is 2.40. The van der Waals surface area contributed by atoms with Gasteiger partial charge in [0.05, 0.1) is 12.7 Å². The van der Waals surface area contributed by atoms with Gasteiger partial charge < -0.3 is 9.47 Å². The SMILES string of the molecule is C#CCOC(CI)COC(c1ccccc1)(c1ccccc1)c1ccccc1. The van der Waals surface area contributed by atoms with Crippen molar-refractivity contribution in [2.75, 3.05) is 17.6 Å². The van der Waals surface area contributed by atoms with Crippen molar-refractivity contribution in [1.29, 1.82) is 0 Å². The zero-order valence-electron chi connectivity index (χ0n) is 15.6. The van der Waals surface area contributed by atoms with Gasteiger partial charge in [0.25, 0.3) is 0 Å². The highest BCUT2D eigenvalue weighted by Gasteiger charge is 2.38. The van der Waals surface area contributed by atoms with Crippen LogP contribution in [0.3, 0.4) is 0 Å². The van der Waals surface area contributed by atoms with Crippen LogP contribution in [0.15, 0.2) is 91.0 Å². The van der Waals surface area contributed by atoms with E-state index in [1.165, 1.54) is 0 Å². The standard InChI is InChI=1S/C25H23IO2/c1-2-18-27-24(19-26)20-28-25(21-12-6-3-7-13-21,22-14-8-4-9-15-22)23-16-10-5-11-17-23/h1,3-17,24H,18-20H2. The zero-order chi connectivity index (χ0) is 19.7. The fourth-order valence-corrected chi connectivity index (χ4v) is 3.80. The summed E-state index contributed by atoms with van der Waals surface area (Å²) in [7, 11) is 0. The molecule has 0 N–H and O–H groups in total. The Balaban J connectivity index is 2.10. The number of alkyl halides is 1. The minimum absolute atomic E-state index is 0.0767. The Morgan fingerprint density at radius 1 is 0.786 bits per heavy atom. The second-order valence-corrected chi connectivity index (χ2v) is 7.26. The first-order chi connectivity index (χ1) is 13.8. The Bertz CT molecular complexity index is 776. The fourth-order valence-electron chi connectivity index (χ4n) is 3.29. The van der Waals surface area contributed by atoms with Crippen LogP contribution in [-0.2, 0) is 15.1 Å². The van der Waals surface area contributed by atoms with Crippen molar-refractivity contribution in [3.63, 3.8) is 0 Å². The second-order valence-electron chi connectivity index (χ2n) is 6.38. The van der Waals surface area contributed by atoms with Crippen LogP contribution in [0, 0.1) is 12.3 Å². The number of ether oxygens (including phenoxy) is 2. The average molecular weight is 482 g/mol. The number of benzene rings is 3. The summed E-state index contributed by atoms with van der Waals surface area (Å²) in [6.07, 6.45) is 5.29. The predicted molar refractivity (Wildman–Crippen MR) is 123 cm³/mol. The molecule has 1 unspecified atom stereocenters. The minimum Gasteiger partial charge on any atom is -0.362 e. The van der Waals surface area contributed by atoms with Crippen LogP contribution < -0.4 is 0 Å². The van der Waals surface area contributed by atoms with Crippen LogP contribution >= 0.6 is 22.6 Å². The summed E-state index contributed by atoms with van der Waals surface area (Å²) in [5.41, 5.74) is 2.51. The van der Waals surface area contributed by atoms with Gasteiger partial charge in [0.15, 0.2) is 0 Å². The largest absolute Gasteiger partial charge is 0.362 e. The van der Waals surface area contributed by atoms with E-state index >= 15 is 0 Å². The van der Waals surface area contributed by atoms with Crippen molar-refractivity contribution in [2.24, 2.45) is 0 Å². The Hall–Kier alpha value is -2.13. The third-order valence-corrected chi connectivity index (χ3v) is 5.58. The molecule has 28 heavy (non-hydrogen) atoms. The summed E-state index contributed by atoms with van der Waals surface area (Å²) in [4.78, 5) is 0. The van der Waals surface area contributed by atoms with Gasteiger partial charge in [0.2, 0.25) is 0 Å². The third kappa shape index (κ3) is 4.64. The monoisotopic (exact) mass is 482 g/mol. The van der Waals surface area contributed by atoms with E-state index < -0.39 is 5.60 Å². The molecule has 0 radical (unpaired) electrons. The summed E-state index contributed by atoms with van der Waals surface area (Å²) in [6, 6.07) is 31.0. The van der Waals surface area contributed by atoms with E-state index in [1.807, 2.05) is 54.6 Å². The molecule has 142 valence electrons. The van der Waals surface area contributed by atoms with Gasteiger partial charge in [-0.3, -0.25) is 0 Å². The molecule has 3 rings (SSSR count). The number of terminal acetylenes is 1.